The van der Waals surface area contributed by atoms with Gasteiger partial charge in [-0.3, -0.25) is 14.6 Å². The molecular weight excluding hydrogens is 416 g/mol. The second-order valence-electron chi connectivity index (χ2n) is 6.74. The summed E-state index contributed by atoms with van der Waals surface area (Å²) in [6, 6.07) is 8.88. The standard InChI is InChI=1S/C22H23ClN6O2/c1-3-16(12-26-15(2)29-11-10-25-21(30)14-29)22(31)28-19-8-9-24-13-20(19)27-18-6-4-17(23)5-7-18/h3-9,12-13,27H,1,10-11,14H2,2H3,(H,25,30)(H,24,28,31)/b16-12+,26-15+. The number of aliphatic imine (C=N–C) groups is 1. The van der Waals surface area contributed by atoms with E-state index in [1.807, 2.05) is 17.0 Å². The lowest BCUT2D eigenvalue weighted by Gasteiger charge is -2.27. The molecular formula is C22H23ClN6O2. The molecule has 0 saturated carbocycles. The molecule has 1 aliphatic heterocycles. The molecule has 0 unspecified atom stereocenters. The molecule has 0 radical (unpaired) electrons. The highest BCUT2D eigenvalue weighted by atomic mass is 35.5. The Morgan fingerprint density at radius 1 is 1.29 bits per heavy atom. The summed E-state index contributed by atoms with van der Waals surface area (Å²) in [5, 5.41) is 9.45. The van der Waals surface area contributed by atoms with Gasteiger partial charge in [-0.15, -0.1) is 0 Å². The number of piperazine rings is 1. The van der Waals surface area contributed by atoms with E-state index in [0.29, 0.717) is 35.3 Å². The molecule has 1 aromatic carbocycles. The van der Waals surface area contributed by atoms with Gasteiger partial charge in [0, 0.05) is 36.2 Å². The highest BCUT2D eigenvalue weighted by Crippen LogP contribution is 2.25. The molecule has 0 spiro atoms. The van der Waals surface area contributed by atoms with Gasteiger partial charge in [0.15, 0.2) is 0 Å². The molecule has 1 aliphatic rings. The van der Waals surface area contributed by atoms with E-state index in [9.17, 15) is 9.59 Å². The van der Waals surface area contributed by atoms with Crippen LogP contribution in [-0.4, -0.2) is 47.2 Å². The molecule has 3 N–H and O–H groups in total. The molecule has 1 fully saturated rings. The second kappa shape index (κ2) is 10.4. The van der Waals surface area contributed by atoms with Crippen LogP contribution in [0.4, 0.5) is 17.1 Å². The summed E-state index contributed by atoms with van der Waals surface area (Å²) in [7, 11) is 0. The molecule has 2 amide bonds. The Bertz CT molecular complexity index is 1030. The van der Waals surface area contributed by atoms with Crippen molar-refractivity contribution in [3.63, 3.8) is 0 Å². The van der Waals surface area contributed by atoms with Crippen molar-refractivity contribution in [1.29, 1.82) is 0 Å². The van der Waals surface area contributed by atoms with Gasteiger partial charge in [0.2, 0.25) is 5.91 Å². The number of nitrogens with one attached hydrogen (secondary N) is 3. The van der Waals surface area contributed by atoms with Crippen molar-refractivity contribution in [3.05, 3.63) is 72.2 Å². The van der Waals surface area contributed by atoms with Gasteiger partial charge < -0.3 is 20.9 Å². The molecule has 8 nitrogen and oxygen atoms in total. The van der Waals surface area contributed by atoms with Crippen molar-refractivity contribution < 1.29 is 9.59 Å². The van der Waals surface area contributed by atoms with Gasteiger partial charge in [-0.1, -0.05) is 24.3 Å². The number of nitrogens with zero attached hydrogens (tertiary/aromatic N) is 3. The summed E-state index contributed by atoms with van der Waals surface area (Å²) in [6.07, 6.45) is 6.08. The summed E-state index contributed by atoms with van der Waals surface area (Å²) in [6.45, 7) is 6.98. The Labute approximate surface area is 185 Å². The van der Waals surface area contributed by atoms with E-state index >= 15 is 0 Å². The number of amides is 2. The van der Waals surface area contributed by atoms with Crippen molar-refractivity contribution in [2.75, 3.05) is 30.3 Å². The lowest BCUT2D eigenvalue weighted by Crippen LogP contribution is -2.49. The molecule has 2 heterocycles. The smallest absolute Gasteiger partial charge is 0.257 e. The zero-order valence-electron chi connectivity index (χ0n) is 17.1. The predicted octanol–water partition coefficient (Wildman–Crippen LogP) is 3.34. The van der Waals surface area contributed by atoms with Gasteiger partial charge in [-0.2, -0.15) is 0 Å². The van der Waals surface area contributed by atoms with Crippen LogP contribution in [0.5, 0.6) is 0 Å². The van der Waals surface area contributed by atoms with E-state index in [-0.39, 0.29) is 23.9 Å². The third kappa shape index (κ3) is 6.16. The Hall–Kier alpha value is -3.65. The highest BCUT2D eigenvalue weighted by molar-refractivity contribution is 6.30. The van der Waals surface area contributed by atoms with E-state index in [1.54, 1.807) is 37.5 Å². The van der Waals surface area contributed by atoms with E-state index in [2.05, 4.69) is 32.5 Å². The number of carbonyl (C=O) groups excluding carboxylic acids is 2. The molecule has 2 aromatic rings. The number of halogens is 1. The lowest BCUT2D eigenvalue weighted by molar-refractivity contribution is -0.122. The maximum Gasteiger partial charge on any atom is 0.257 e. The average Bonchev–Trinajstić information content (AvgIpc) is 2.77. The number of hydrogen-bond acceptors (Lipinski definition) is 5. The van der Waals surface area contributed by atoms with E-state index in [4.69, 9.17) is 11.6 Å². The van der Waals surface area contributed by atoms with Gasteiger partial charge in [0.1, 0.15) is 5.84 Å². The minimum absolute atomic E-state index is 0.0510. The Balaban J connectivity index is 1.72. The number of benzene rings is 1. The third-order valence-corrected chi connectivity index (χ3v) is 4.81. The van der Waals surface area contributed by atoms with Gasteiger partial charge in [0.05, 0.1) is 29.7 Å². The van der Waals surface area contributed by atoms with Crippen LogP contribution in [0.1, 0.15) is 6.92 Å². The predicted molar refractivity (Wildman–Crippen MR) is 124 cm³/mol. The fourth-order valence-corrected chi connectivity index (χ4v) is 2.98. The van der Waals surface area contributed by atoms with Crippen LogP contribution < -0.4 is 16.0 Å². The normalized spacial score (nSPS) is 14.6. The summed E-state index contributed by atoms with van der Waals surface area (Å²) in [4.78, 5) is 34.6. The van der Waals surface area contributed by atoms with Gasteiger partial charge in [-0.05, 0) is 37.3 Å². The Morgan fingerprint density at radius 2 is 2.06 bits per heavy atom. The lowest BCUT2D eigenvalue weighted by atomic mass is 10.2. The van der Waals surface area contributed by atoms with E-state index < -0.39 is 0 Å². The van der Waals surface area contributed by atoms with Gasteiger partial charge in [-0.25, -0.2) is 4.99 Å². The minimum Gasteiger partial charge on any atom is -0.353 e. The Kier molecular flexibility index (Phi) is 7.40. The molecule has 0 atom stereocenters. The van der Waals surface area contributed by atoms with Crippen LogP contribution in [0.15, 0.2) is 72.1 Å². The fraction of sp³-hybridized carbons (Fsp3) is 0.182. The van der Waals surface area contributed by atoms with Crippen molar-refractivity contribution in [2.45, 2.75) is 6.92 Å². The minimum atomic E-state index is -0.367. The number of amidine groups is 1. The van der Waals surface area contributed by atoms with Gasteiger partial charge in [0.25, 0.3) is 5.91 Å². The molecule has 31 heavy (non-hydrogen) atoms. The number of carbonyl (C=O) groups is 2. The first-order chi connectivity index (χ1) is 15.0. The van der Waals surface area contributed by atoms with Gasteiger partial charge >= 0.3 is 0 Å². The number of anilines is 3. The molecule has 0 bridgehead atoms. The summed E-state index contributed by atoms with van der Waals surface area (Å²) >= 11 is 5.93. The molecule has 1 aromatic heterocycles. The van der Waals surface area contributed by atoms with Crippen molar-refractivity contribution in [1.82, 2.24) is 15.2 Å². The first-order valence-corrected chi connectivity index (χ1v) is 10.0. The molecule has 0 aliphatic carbocycles. The van der Waals surface area contributed by atoms with Crippen molar-refractivity contribution in [2.24, 2.45) is 4.99 Å². The molecule has 1 saturated heterocycles. The third-order valence-electron chi connectivity index (χ3n) is 4.56. The number of hydrogen-bond donors (Lipinski definition) is 3. The quantitative estimate of drug-likeness (QED) is 0.278. The zero-order chi connectivity index (χ0) is 22.2. The molecule has 9 heteroatoms. The summed E-state index contributed by atoms with van der Waals surface area (Å²) in [5.74, 6) is 0.231. The number of pyridine rings is 1. The van der Waals surface area contributed by atoms with Crippen LogP contribution in [-0.2, 0) is 9.59 Å². The fourth-order valence-electron chi connectivity index (χ4n) is 2.85. The van der Waals surface area contributed by atoms with Crippen molar-refractivity contribution in [3.8, 4) is 0 Å². The maximum atomic E-state index is 12.8. The highest BCUT2D eigenvalue weighted by Gasteiger charge is 2.17. The second-order valence-corrected chi connectivity index (χ2v) is 7.18. The van der Waals surface area contributed by atoms with Crippen LogP contribution >= 0.6 is 11.6 Å². The monoisotopic (exact) mass is 438 g/mol. The summed E-state index contributed by atoms with van der Waals surface area (Å²) < 4.78 is 0. The number of aromatic nitrogens is 1. The topological polar surface area (TPSA) is 98.7 Å². The SMILES string of the molecule is C=C/C(=C\N=C(/C)N1CCNC(=O)C1)C(=O)Nc1ccncc1Nc1ccc(Cl)cc1. The molecule has 3 rings (SSSR count). The molecule has 160 valence electrons. The van der Waals surface area contributed by atoms with Crippen molar-refractivity contribution >= 4 is 46.3 Å². The Morgan fingerprint density at radius 3 is 2.77 bits per heavy atom. The summed E-state index contributed by atoms with van der Waals surface area (Å²) in [5.41, 5.74) is 2.27. The first-order valence-electron chi connectivity index (χ1n) is 9.63. The maximum absolute atomic E-state index is 12.8. The van der Waals surface area contributed by atoms with E-state index in [1.165, 1.54) is 12.3 Å². The largest absolute Gasteiger partial charge is 0.353 e. The average molecular weight is 439 g/mol. The van der Waals surface area contributed by atoms with Crippen LogP contribution in [0.3, 0.4) is 0 Å². The zero-order valence-corrected chi connectivity index (χ0v) is 17.8. The first kappa shape index (κ1) is 22.0. The number of rotatable bonds is 6. The van der Waals surface area contributed by atoms with Crippen LogP contribution in [0.2, 0.25) is 5.02 Å². The van der Waals surface area contributed by atoms with E-state index in [0.717, 1.165) is 5.69 Å². The van der Waals surface area contributed by atoms with Crippen LogP contribution in [0, 0.1) is 0 Å². The van der Waals surface area contributed by atoms with Crippen LogP contribution in [0.25, 0.3) is 0 Å².